The molecule has 1 aromatic rings. The van der Waals surface area contributed by atoms with Crippen molar-refractivity contribution < 1.29 is 4.79 Å². The minimum atomic E-state index is -0.236. The molecule has 2 nitrogen and oxygen atoms in total. The Morgan fingerprint density at radius 1 is 1.44 bits per heavy atom. The number of carbonyl (C=O) groups excluding carboxylic acids is 1. The summed E-state index contributed by atoms with van der Waals surface area (Å²) in [6.45, 7) is 2.11. The van der Waals surface area contributed by atoms with Gasteiger partial charge in [-0.3, -0.25) is 4.79 Å². The SMILES string of the molecule is CCCCC#CC(=O)Nc1ccccc1I. The van der Waals surface area contributed by atoms with Gasteiger partial charge >= 0.3 is 0 Å². The first kappa shape index (κ1) is 13.0. The zero-order valence-electron chi connectivity index (χ0n) is 9.22. The molecule has 0 aliphatic rings. The average molecular weight is 327 g/mol. The molecule has 0 aliphatic carbocycles. The molecule has 0 bridgehead atoms. The summed E-state index contributed by atoms with van der Waals surface area (Å²) in [5.74, 6) is 5.22. The summed E-state index contributed by atoms with van der Waals surface area (Å²) in [4.78, 5) is 11.4. The highest BCUT2D eigenvalue weighted by Gasteiger charge is 2.00. The van der Waals surface area contributed by atoms with Gasteiger partial charge in [0.25, 0.3) is 5.91 Å². The van der Waals surface area contributed by atoms with Gasteiger partial charge in [0.05, 0.1) is 5.69 Å². The van der Waals surface area contributed by atoms with Crippen LogP contribution < -0.4 is 5.32 Å². The molecule has 1 aromatic carbocycles. The van der Waals surface area contributed by atoms with Gasteiger partial charge in [-0.15, -0.1) is 0 Å². The molecule has 1 N–H and O–H groups in total. The van der Waals surface area contributed by atoms with Gasteiger partial charge in [0.2, 0.25) is 0 Å². The van der Waals surface area contributed by atoms with Crippen molar-refractivity contribution in [2.45, 2.75) is 26.2 Å². The maximum Gasteiger partial charge on any atom is 0.300 e. The number of hydrogen-bond donors (Lipinski definition) is 1. The first-order valence-corrected chi connectivity index (χ1v) is 6.36. The molecule has 1 amide bonds. The minimum Gasteiger partial charge on any atom is -0.314 e. The fraction of sp³-hybridized carbons (Fsp3) is 0.308. The third-order valence-electron chi connectivity index (χ3n) is 1.98. The van der Waals surface area contributed by atoms with Crippen molar-refractivity contribution in [2.75, 3.05) is 5.32 Å². The largest absolute Gasteiger partial charge is 0.314 e. The second-order valence-corrected chi connectivity index (χ2v) is 4.50. The maximum atomic E-state index is 11.4. The van der Waals surface area contributed by atoms with Gasteiger partial charge in [-0.2, -0.15) is 0 Å². The van der Waals surface area contributed by atoms with E-state index in [9.17, 15) is 4.79 Å². The molecule has 0 atom stereocenters. The first-order valence-electron chi connectivity index (χ1n) is 5.28. The van der Waals surface area contributed by atoms with E-state index in [0.29, 0.717) is 0 Å². The molecule has 0 fully saturated rings. The van der Waals surface area contributed by atoms with Gasteiger partial charge < -0.3 is 5.32 Å². The average Bonchev–Trinajstić information content (AvgIpc) is 2.28. The van der Waals surface area contributed by atoms with E-state index in [-0.39, 0.29) is 5.91 Å². The number of nitrogens with one attached hydrogen (secondary N) is 1. The molecule has 0 saturated heterocycles. The van der Waals surface area contributed by atoms with Crippen LogP contribution in [0.5, 0.6) is 0 Å². The predicted octanol–water partition coefficient (Wildman–Crippen LogP) is 3.42. The summed E-state index contributed by atoms with van der Waals surface area (Å²) >= 11 is 2.18. The Labute approximate surface area is 110 Å². The van der Waals surface area contributed by atoms with Gasteiger partial charge in [-0.05, 0) is 47.1 Å². The Hall–Kier alpha value is -1.02. The first-order chi connectivity index (χ1) is 7.74. The number of unbranched alkanes of at least 4 members (excludes halogenated alkanes) is 2. The lowest BCUT2D eigenvalue weighted by Crippen LogP contribution is -2.09. The third-order valence-corrected chi connectivity index (χ3v) is 2.92. The van der Waals surface area contributed by atoms with E-state index >= 15 is 0 Å². The molecular formula is C13H14INO. The zero-order valence-corrected chi connectivity index (χ0v) is 11.4. The quantitative estimate of drug-likeness (QED) is 0.514. The summed E-state index contributed by atoms with van der Waals surface area (Å²) < 4.78 is 1.02. The molecule has 0 aliphatic heterocycles. The van der Waals surface area contributed by atoms with E-state index in [0.717, 1.165) is 28.5 Å². The van der Waals surface area contributed by atoms with E-state index in [1.165, 1.54) is 0 Å². The molecule has 84 valence electrons. The van der Waals surface area contributed by atoms with Crippen molar-refractivity contribution in [3.05, 3.63) is 27.8 Å². The molecule has 0 heterocycles. The molecule has 16 heavy (non-hydrogen) atoms. The van der Waals surface area contributed by atoms with Crippen LogP contribution in [0.3, 0.4) is 0 Å². The van der Waals surface area contributed by atoms with Crippen LogP contribution in [0, 0.1) is 15.4 Å². The van der Waals surface area contributed by atoms with Gasteiger partial charge in [-0.1, -0.05) is 31.4 Å². The van der Waals surface area contributed by atoms with Gasteiger partial charge in [0, 0.05) is 9.99 Å². The summed E-state index contributed by atoms with van der Waals surface area (Å²) in [6.07, 6.45) is 2.94. The standard InChI is InChI=1S/C13H14INO/c1-2-3-4-5-10-13(16)15-12-9-7-6-8-11(12)14/h6-9H,2-4H2,1H3,(H,15,16). The van der Waals surface area contributed by atoms with Crippen LogP contribution in [-0.4, -0.2) is 5.91 Å². The fourth-order valence-corrected chi connectivity index (χ4v) is 1.65. The predicted molar refractivity (Wildman–Crippen MR) is 75.1 cm³/mol. The van der Waals surface area contributed by atoms with Gasteiger partial charge in [0.15, 0.2) is 0 Å². The number of rotatable bonds is 3. The summed E-state index contributed by atoms with van der Waals surface area (Å²) in [5, 5.41) is 2.77. The molecule has 0 aromatic heterocycles. The zero-order chi connectivity index (χ0) is 11.8. The summed E-state index contributed by atoms with van der Waals surface area (Å²) in [6, 6.07) is 7.64. The van der Waals surface area contributed by atoms with Crippen molar-refractivity contribution in [3.8, 4) is 11.8 Å². The lowest BCUT2D eigenvalue weighted by molar-refractivity contribution is -0.111. The van der Waals surface area contributed by atoms with Crippen LogP contribution in [0.25, 0.3) is 0 Å². The van der Waals surface area contributed by atoms with Crippen LogP contribution in [0.2, 0.25) is 0 Å². The number of hydrogen-bond acceptors (Lipinski definition) is 1. The highest BCUT2D eigenvalue weighted by atomic mass is 127. The molecule has 0 radical (unpaired) electrons. The van der Waals surface area contributed by atoms with Gasteiger partial charge in [0.1, 0.15) is 0 Å². The van der Waals surface area contributed by atoms with E-state index in [2.05, 4.69) is 46.7 Å². The van der Waals surface area contributed by atoms with Crippen molar-refractivity contribution in [1.82, 2.24) is 0 Å². The summed E-state index contributed by atoms with van der Waals surface area (Å²) in [7, 11) is 0. The minimum absolute atomic E-state index is 0.236. The number of carbonyl (C=O) groups is 1. The lowest BCUT2D eigenvalue weighted by atomic mass is 10.2. The molecular weight excluding hydrogens is 313 g/mol. The fourth-order valence-electron chi connectivity index (χ4n) is 1.12. The Balaban J connectivity index is 2.51. The number of para-hydroxylation sites is 1. The summed E-state index contributed by atoms with van der Waals surface area (Å²) in [5.41, 5.74) is 0.817. The van der Waals surface area contributed by atoms with Crippen molar-refractivity contribution in [1.29, 1.82) is 0 Å². The molecule has 1 rings (SSSR count). The van der Waals surface area contributed by atoms with E-state index in [4.69, 9.17) is 0 Å². The number of benzene rings is 1. The van der Waals surface area contributed by atoms with Crippen LogP contribution in [0.1, 0.15) is 26.2 Å². The van der Waals surface area contributed by atoms with Crippen LogP contribution >= 0.6 is 22.6 Å². The van der Waals surface area contributed by atoms with Crippen LogP contribution in [0.15, 0.2) is 24.3 Å². The number of halogens is 1. The highest BCUT2D eigenvalue weighted by molar-refractivity contribution is 14.1. The number of anilines is 1. The van der Waals surface area contributed by atoms with E-state index in [1.54, 1.807) is 0 Å². The lowest BCUT2D eigenvalue weighted by Gasteiger charge is -2.02. The van der Waals surface area contributed by atoms with Crippen molar-refractivity contribution in [2.24, 2.45) is 0 Å². The normalized spacial score (nSPS) is 9.12. The molecule has 0 saturated carbocycles. The second-order valence-electron chi connectivity index (χ2n) is 3.34. The topological polar surface area (TPSA) is 29.1 Å². The maximum absolute atomic E-state index is 11.4. The molecule has 0 unspecified atom stereocenters. The Morgan fingerprint density at radius 3 is 2.88 bits per heavy atom. The van der Waals surface area contributed by atoms with Crippen molar-refractivity contribution in [3.63, 3.8) is 0 Å². The highest BCUT2D eigenvalue weighted by Crippen LogP contribution is 2.16. The molecule has 3 heteroatoms. The third kappa shape index (κ3) is 4.67. The second kappa shape index (κ2) is 7.29. The smallest absolute Gasteiger partial charge is 0.300 e. The van der Waals surface area contributed by atoms with Crippen LogP contribution in [0.4, 0.5) is 5.69 Å². The van der Waals surface area contributed by atoms with Crippen molar-refractivity contribution >= 4 is 34.2 Å². The van der Waals surface area contributed by atoms with E-state index < -0.39 is 0 Å². The Kier molecular flexibility index (Phi) is 5.94. The van der Waals surface area contributed by atoms with Gasteiger partial charge in [-0.25, -0.2) is 0 Å². The molecule has 0 spiro atoms. The Morgan fingerprint density at radius 2 is 2.19 bits per heavy atom. The monoisotopic (exact) mass is 327 g/mol. The Bertz CT molecular complexity index is 417. The van der Waals surface area contributed by atoms with E-state index in [1.807, 2.05) is 24.3 Å². The number of amides is 1. The van der Waals surface area contributed by atoms with Crippen LogP contribution in [-0.2, 0) is 4.79 Å².